The van der Waals surface area contributed by atoms with Gasteiger partial charge in [-0.3, -0.25) is 14.2 Å². The number of carboxylic acid groups (broad SMARTS) is 1. The number of hydrogen-bond acceptors (Lipinski definition) is 3. The van der Waals surface area contributed by atoms with Crippen LogP contribution in [-0.4, -0.2) is 26.7 Å². The van der Waals surface area contributed by atoms with Crippen LogP contribution in [0.2, 0.25) is 10.0 Å². The smallest absolute Gasteiger partial charge is 0.311 e. The van der Waals surface area contributed by atoms with Gasteiger partial charge in [0, 0.05) is 16.6 Å². The van der Waals surface area contributed by atoms with Gasteiger partial charge in [0.1, 0.15) is 5.75 Å². The number of carbonyl (C=O) groups excluding carboxylic acids is 1. The van der Waals surface area contributed by atoms with Crippen LogP contribution in [0.15, 0.2) is 36.4 Å². The molecule has 0 spiro atoms. The molecule has 3 aromatic rings. The Morgan fingerprint density at radius 1 is 1.13 bits per heavy atom. The zero-order valence-electron chi connectivity index (χ0n) is 16.4. The maximum atomic E-state index is 13.4. The van der Waals surface area contributed by atoms with Crippen LogP contribution in [0.25, 0.3) is 10.9 Å². The lowest BCUT2D eigenvalue weighted by Gasteiger charge is -2.28. The summed E-state index contributed by atoms with van der Waals surface area (Å²) in [7, 11) is 0. The van der Waals surface area contributed by atoms with E-state index in [1.165, 1.54) is 22.8 Å². The molecular weight excluding hydrogens is 425 g/mol. The van der Waals surface area contributed by atoms with Crippen molar-refractivity contribution in [2.75, 3.05) is 0 Å². The number of phenols is 1. The number of hydrogen-bond donors (Lipinski definition) is 2. The number of benzene rings is 2. The highest BCUT2D eigenvalue weighted by Gasteiger charge is 2.33. The van der Waals surface area contributed by atoms with Gasteiger partial charge >= 0.3 is 5.97 Å². The fourth-order valence-electron chi connectivity index (χ4n) is 4.29. The maximum Gasteiger partial charge on any atom is 0.311 e. The fourth-order valence-corrected chi connectivity index (χ4v) is 4.59. The van der Waals surface area contributed by atoms with Crippen LogP contribution in [0.5, 0.6) is 5.75 Å². The number of carboxylic acids is 1. The molecule has 4 rings (SSSR count). The molecule has 0 radical (unpaired) electrons. The van der Waals surface area contributed by atoms with Crippen molar-refractivity contribution in [2.45, 2.75) is 38.5 Å². The Labute approximate surface area is 183 Å². The molecule has 0 aliphatic heterocycles. The number of aromatic hydroxyl groups is 1. The summed E-state index contributed by atoms with van der Waals surface area (Å²) in [6.07, 6.45) is 3.68. The number of aliphatic carboxylic acids is 1. The van der Waals surface area contributed by atoms with Crippen LogP contribution in [0.1, 0.15) is 53.2 Å². The first-order valence-electron chi connectivity index (χ1n) is 9.84. The second-order valence-corrected chi connectivity index (χ2v) is 8.71. The van der Waals surface area contributed by atoms with Crippen molar-refractivity contribution in [1.82, 2.24) is 4.57 Å². The van der Waals surface area contributed by atoms with Crippen molar-refractivity contribution in [2.24, 2.45) is 5.92 Å². The molecule has 1 fully saturated rings. The van der Waals surface area contributed by atoms with E-state index in [1.54, 1.807) is 25.1 Å². The van der Waals surface area contributed by atoms with Gasteiger partial charge in [0.25, 0.3) is 5.91 Å². The van der Waals surface area contributed by atoms with E-state index in [1.807, 2.05) is 0 Å². The van der Waals surface area contributed by atoms with Gasteiger partial charge in [0.2, 0.25) is 0 Å². The average Bonchev–Trinajstić information content (AvgIpc) is 2.93. The Morgan fingerprint density at radius 3 is 2.47 bits per heavy atom. The summed E-state index contributed by atoms with van der Waals surface area (Å²) in [4.78, 5) is 25.6. The number of aromatic nitrogens is 1. The third-order valence-electron chi connectivity index (χ3n) is 6.05. The van der Waals surface area contributed by atoms with Crippen LogP contribution < -0.4 is 0 Å². The lowest BCUT2D eigenvalue weighted by molar-refractivity contribution is -0.139. The average molecular weight is 446 g/mol. The molecule has 1 aliphatic rings. The van der Waals surface area contributed by atoms with Crippen molar-refractivity contribution in [3.05, 3.63) is 63.3 Å². The minimum atomic E-state index is -0.922. The zero-order chi connectivity index (χ0) is 21.6. The third-order valence-corrected chi connectivity index (χ3v) is 6.79. The molecule has 1 heterocycles. The lowest BCUT2D eigenvalue weighted by Crippen LogP contribution is -2.21. The first-order chi connectivity index (χ1) is 14.3. The van der Waals surface area contributed by atoms with Gasteiger partial charge in [-0.1, -0.05) is 42.5 Å². The van der Waals surface area contributed by atoms with Crippen molar-refractivity contribution in [3.8, 4) is 5.75 Å². The van der Waals surface area contributed by atoms with Crippen molar-refractivity contribution in [3.63, 3.8) is 0 Å². The Morgan fingerprint density at radius 2 is 1.87 bits per heavy atom. The molecule has 1 atom stereocenters. The second kappa shape index (κ2) is 7.97. The molecule has 0 saturated heterocycles. The van der Waals surface area contributed by atoms with E-state index in [9.17, 15) is 19.8 Å². The summed E-state index contributed by atoms with van der Waals surface area (Å²) in [6, 6.07) is 9.31. The molecule has 156 valence electrons. The topological polar surface area (TPSA) is 79.5 Å². The minimum absolute atomic E-state index is 0.0238. The number of fused-ring (bicyclic) bond motifs is 1. The predicted molar refractivity (Wildman–Crippen MR) is 117 cm³/mol. The molecule has 30 heavy (non-hydrogen) atoms. The van der Waals surface area contributed by atoms with E-state index in [0.29, 0.717) is 45.1 Å². The standard InChI is InChI=1S/C23H21Cl2NO4/c1-12-21(17(23(29)30)9-13-3-2-4-13)16-11-15(27)6-8-20(16)26(12)22(28)14-5-7-18(24)19(25)10-14/h5-8,10-11,13,17,27H,2-4,9H2,1H3,(H,29,30)/t17-/m0/s1. The molecule has 2 aromatic carbocycles. The van der Waals surface area contributed by atoms with Crippen molar-refractivity contribution >= 4 is 46.0 Å². The summed E-state index contributed by atoms with van der Waals surface area (Å²) in [6.45, 7) is 1.75. The summed E-state index contributed by atoms with van der Waals surface area (Å²) in [5.41, 5.74) is 2.03. The lowest BCUT2D eigenvalue weighted by atomic mass is 9.77. The van der Waals surface area contributed by atoms with E-state index in [-0.39, 0.29) is 16.7 Å². The number of halogens is 2. The SMILES string of the molecule is Cc1c([C@H](CC2CCC2)C(=O)O)c2cc(O)ccc2n1C(=O)c1ccc(Cl)c(Cl)c1. The first kappa shape index (κ1) is 20.8. The highest BCUT2D eigenvalue weighted by molar-refractivity contribution is 6.42. The molecular formula is C23H21Cl2NO4. The van der Waals surface area contributed by atoms with Gasteiger partial charge in [-0.05, 0) is 61.2 Å². The Hall–Kier alpha value is -2.50. The van der Waals surface area contributed by atoms with E-state index >= 15 is 0 Å². The molecule has 0 amide bonds. The molecule has 5 nitrogen and oxygen atoms in total. The largest absolute Gasteiger partial charge is 0.508 e. The maximum absolute atomic E-state index is 13.4. The number of nitrogens with zero attached hydrogens (tertiary/aromatic N) is 1. The number of rotatable bonds is 5. The van der Waals surface area contributed by atoms with Gasteiger partial charge < -0.3 is 10.2 Å². The molecule has 0 bridgehead atoms. The van der Waals surface area contributed by atoms with Crippen LogP contribution in [-0.2, 0) is 4.79 Å². The van der Waals surface area contributed by atoms with Gasteiger partial charge in [0.05, 0.1) is 21.5 Å². The van der Waals surface area contributed by atoms with Crippen LogP contribution in [0.4, 0.5) is 0 Å². The van der Waals surface area contributed by atoms with E-state index in [4.69, 9.17) is 23.2 Å². The summed E-state index contributed by atoms with van der Waals surface area (Å²) < 4.78 is 1.50. The van der Waals surface area contributed by atoms with Gasteiger partial charge in [-0.15, -0.1) is 0 Å². The molecule has 0 unspecified atom stereocenters. The first-order valence-corrected chi connectivity index (χ1v) is 10.6. The molecule has 2 N–H and O–H groups in total. The zero-order valence-corrected chi connectivity index (χ0v) is 17.9. The number of phenolic OH excluding ortho intramolecular Hbond substituents is 1. The second-order valence-electron chi connectivity index (χ2n) is 7.89. The van der Waals surface area contributed by atoms with Gasteiger partial charge in [-0.2, -0.15) is 0 Å². The summed E-state index contributed by atoms with van der Waals surface area (Å²) in [5, 5.41) is 21.2. The molecule has 1 saturated carbocycles. The Kier molecular flexibility index (Phi) is 5.51. The summed E-state index contributed by atoms with van der Waals surface area (Å²) in [5.74, 6) is -1.61. The minimum Gasteiger partial charge on any atom is -0.508 e. The van der Waals surface area contributed by atoms with Crippen LogP contribution in [0.3, 0.4) is 0 Å². The van der Waals surface area contributed by atoms with Gasteiger partial charge in [0.15, 0.2) is 0 Å². The number of carbonyl (C=O) groups is 2. The predicted octanol–water partition coefficient (Wildman–Crippen LogP) is 6.01. The van der Waals surface area contributed by atoms with Crippen LogP contribution in [0, 0.1) is 12.8 Å². The van der Waals surface area contributed by atoms with Crippen molar-refractivity contribution < 1.29 is 19.8 Å². The highest BCUT2D eigenvalue weighted by Crippen LogP contribution is 2.41. The van der Waals surface area contributed by atoms with Gasteiger partial charge in [-0.25, -0.2) is 0 Å². The monoisotopic (exact) mass is 445 g/mol. The Bertz CT molecular complexity index is 1160. The van der Waals surface area contributed by atoms with E-state index < -0.39 is 11.9 Å². The summed E-state index contributed by atoms with van der Waals surface area (Å²) >= 11 is 12.1. The highest BCUT2D eigenvalue weighted by atomic mass is 35.5. The molecule has 1 aromatic heterocycles. The fraction of sp³-hybridized carbons (Fsp3) is 0.304. The molecule has 7 heteroatoms. The van der Waals surface area contributed by atoms with Crippen molar-refractivity contribution in [1.29, 1.82) is 0 Å². The molecule has 1 aliphatic carbocycles. The Balaban J connectivity index is 1.90. The van der Waals surface area contributed by atoms with Crippen LogP contribution >= 0.6 is 23.2 Å². The van der Waals surface area contributed by atoms with E-state index in [0.717, 1.165) is 19.3 Å². The quantitative estimate of drug-likeness (QED) is 0.503. The normalized spacial score (nSPS) is 15.2. The third kappa shape index (κ3) is 3.57. The van der Waals surface area contributed by atoms with E-state index in [2.05, 4.69) is 0 Å².